The number of rotatable bonds is 1. The standard InChI is InChI=1S/C9H12FN3/c10-13-7-5-12(6-8-13)9-3-1-2-4-11-9/h1-4H,5-8H2. The van der Waals surface area contributed by atoms with E-state index in [-0.39, 0.29) is 0 Å². The van der Waals surface area contributed by atoms with Gasteiger partial charge < -0.3 is 4.90 Å². The van der Waals surface area contributed by atoms with Gasteiger partial charge in [-0.25, -0.2) is 4.98 Å². The fraction of sp³-hybridized carbons (Fsp3) is 0.444. The average molecular weight is 181 g/mol. The van der Waals surface area contributed by atoms with E-state index in [1.54, 1.807) is 6.20 Å². The minimum Gasteiger partial charge on any atom is -0.354 e. The Hall–Kier alpha value is -1.16. The van der Waals surface area contributed by atoms with Crippen LogP contribution >= 0.6 is 0 Å². The summed E-state index contributed by atoms with van der Waals surface area (Å²) in [5.74, 6) is 0.940. The highest BCUT2D eigenvalue weighted by atomic mass is 19.2. The molecule has 0 amide bonds. The molecule has 0 aliphatic carbocycles. The third-order valence-electron chi connectivity index (χ3n) is 2.20. The van der Waals surface area contributed by atoms with Crippen LogP contribution in [0.2, 0.25) is 0 Å². The number of hydrogen-bond donors (Lipinski definition) is 0. The molecule has 3 nitrogen and oxygen atoms in total. The van der Waals surface area contributed by atoms with Crippen LogP contribution in [0.4, 0.5) is 10.3 Å². The first kappa shape index (κ1) is 8.44. The molecule has 0 unspecified atom stereocenters. The van der Waals surface area contributed by atoms with E-state index in [1.807, 2.05) is 18.2 Å². The summed E-state index contributed by atoms with van der Waals surface area (Å²) in [4.78, 5) is 6.31. The summed E-state index contributed by atoms with van der Waals surface area (Å²) in [5, 5.41) is 0.847. The second kappa shape index (κ2) is 3.70. The van der Waals surface area contributed by atoms with Gasteiger partial charge in [0, 0.05) is 32.4 Å². The molecular weight excluding hydrogens is 169 g/mol. The monoisotopic (exact) mass is 181 g/mol. The van der Waals surface area contributed by atoms with Crippen molar-refractivity contribution in [3.8, 4) is 0 Å². The van der Waals surface area contributed by atoms with E-state index in [9.17, 15) is 4.48 Å². The predicted molar refractivity (Wildman–Crippen MR) is 49.1 cm³/mol. The van der Waals surface area contributed by atoms with Crippen molar-refractivity contribution in [2.24, 2.45) is 0 Å². The first-order valence-corrected chi connectivity index (χ1v) is 4.43. The summed E-state index contributed by atoms with van der Waals surface area (Å²) in [7, 11) is 0. The van der Waals surface area contributed by atoms with Crippen molar-refractivity contribution in [3.05, 3.63) is 24.4 Å². The number of piperazine rings is 1. The van der Waals surface area contributed by atoms with E-state index in [2.05, 4.69) is 9.88 Å². The summed E-state index contributed by atoms with van der Waals surface area (Å²) in [6.07, 6.45) is 1.76. The summed E-state index contributed by atoms with van der Waals surface area (Å²) in [6.45, 7) is 2.37. The zero-order chi connectivity index (χ0) is 9.10. The van der Waals surface area contributed by atoms with Crippen LogP contribution in [0.3, 0.4) is 0 Å². The van der Waals surface area contributed by atoms with Gasteiger partial charge in [0.1, 0.15) is 5.82 Å². The molecule has 1 aliphatic rings. The van der Waals surface area contributed by atoms with Crippen molar-refractivity contribution in [2.45, 2.75) is 0 Å². The van der Waals surface area contributed by atoms with Crippen LogP contribution < -0.4 is 4.90 Å². The van der Waals surface area contributed by atoms with E-state index in [4.69, 9.17) is 0 Å². The summed E-state index contributed by atoms with van der Waals surface area (Å²) in [6, 6.07) is 5.78. The van der Waals surface area contributed by atoms with Gasteiger partial charge in [0.05, 0.1) is 0 Å². The fourth-order valence-electron chi connectivity index (χ4n) is 1.45. The fourth-order valence-corrected chi connectivity index (χ4v) is 1.45. The highest BCUT2D eigenvalue weighted by molar-refractivity contribution is 5.37. The van der Waals surface area contributed by atoms with Crippen molar-refractivity contribution >= 4 is 5.82 Å². The second-order valence-electron chi connectivity index (χ2n) is 3.08. The quantitative estimate of drug-likeness (QED) is 0.604. The molecule has 0 spiro atoms. The Morgan fingerprint density at radius 1 is 1.15 bits per heavy atom. The van der Waals surface area contributed by atoms with Crippen LogP contribution in [0.1, 0.15) is 0 Å². The maximum Gasteiger partial charge on any atom is 0.128 e. The number of pyridine rings is 1. The van der Waals surface area contributed by atoms with Gasteiger partial charge in [-0.05, 0) is 12.1 Å². The minimum atomic E-state index is 0.469. The Balaban J connectivity index is 2.03. The zero-order valence-corrected chi connectivity index (χ0v) is 7.36. The predicted octanol–water partition coefficient (Wildman–Crippen LogP) is 1.09. The van der Waals surface area contributed by atoms with Crippen LogP contribution in [0.15, 0.2) is 24.4 Å². The number of anilines is 1. The Bertz CT molecular complexity index is 257. The summed E-state index contributed by atoms with van der Waals surface area (Å²) < 4.78 is 12.7. The molecular formula is C9H12FN3. The van der Waals surface area contributed by atoms with Gasteiger partial charge in [-0.15, -0.1) is 9.60 Å². The third kappa shape index (κ3) is 1.95. The molecule has 2 heterocycles. The lowest BCUT2D eigenvalue weighted by Crippen LogP contribution is -2.43. The molecule has 0 N–H and O–H groups in total. The Morgan fingerprint density at radius 3 is 2.54 bits per heavy atom. The molecule has 1 fully saturated rings. The molecule has 1 aliphatic heterocycles. The highest BCUT2D eigenvalue weighted by Gasteiger charge is 2.16. The van der Waals surface area contributed by atoms with Crippen molar-refractivity contribution in [1.82, 2.24) is 10.1 Å². The molecule has 4 heteroatoms. The van der Waals surface area contributed by atoms with Gasteiger partial charge in [0.25, 0.3) is 0 Å². The van der Waals surface area contributed by atoms with Crippen LogP contribution in [0.5, 0.6) is 0 Å². The summed E-state index contributed by atoms with van der Waals surface area (Å²) >= 11 is 0. The van der Waals surface area contributed by atoms with E-state index >= 15 is 0 Å². The maximum atomic E-state index is 12.7. The van der Waals surface area contributed by atoms with E-state index < -0.39 is 0 Å². The molecule has 1 saturated heterocycles. The molecule has 1 aromatic rings. The van der Waals surface area contributed by atoms with Crippen molar-refractivity contribution in [2.75, 3.05) is 31.1 Å². The normalized spacial score (nSPS) is 19.0. The second-order valence-corrected chi connectivity index (χ2v) is 3.08. The molecule has 13 heavy (non-hydrogen) atoms. The Morgan fingerprint density at radius 2 is 1.92 bits per heavy atom. The zero-order valence-electron chi connectivity index (χ0n) is 7.36. The average Bonchev–Trinajstić information content (AvgIpc) is 2.20. The largest absolute Gasteiger partial charge is 0.354 e. The number of aromatic nitrogens is 1. The number of hydrogen-bond acceptors (Lipinski definition) is 3. The van der Waals surface area contributed by atoms with E-state index in [0.29, 0.717) is 26.2 Å². The SMILES string of the molecule is FN1CCN(c2ccccn2)CC1. The van der Waals surface area contributed by atoms with Gasteiger partial charge in [-0.1, -0.05) is 6.07 Å². The molecule has 2 rings (SSSR count). The van der Waals surface area contributed by atoms with Crippen LogP contribution in [0, 0.1) is 0 Å². The maximum absolute atomic E-state index is 12.7. The third-order valence-corrected chi connectivity index (χ3v) is 2.20. The lowest BCUT2D eigenvalue weighted by atomic mass is 10.3. The van der Waals surface area contributed by atoms with Crippen molar-refractivity contribution in [1.29, 1.82) is 0 Å². The van der Waals surface area contributed by atoms with Gasteiger partial charge >= 0.3 is 0 Å². The molecule has 0 aromatic carbocycles. The lowest BCUT2D eigenvalue weighted by Gasteiger charge is -2.30. The van der Waals surface area contributed by atoms with Crippen LogP contribution in [-0.2, 0) is 0 Å². The highest BCUT2D eigenvalue weighted by Crippen LogP contribution is 2.11. The van der Waals surface area contributed by atoms with E-state index in [0.717, 1.165) is 10.9 Å². The van der Waals surface area contributed by atoms with E-state index in [1.165, 1.54) is 0 Å². The molecule has 70 valence electrons. The molecule has 0 radical (unpaired) electrons. The van der Waals surface area contributed by atoms with Crippen molar-refractivity contribution < 1.29 is 4.48 Å². The van der Waals surface area contributed by atoms with Crippen LogP contribution in [0.25, 0.3) is 0 Å². The topological polar surface area (TPSA) is 19.4 Å². The smallest absolute Gasteiger partial charge is 0.128 e. The first-order valence-electron chi connectivity index (χ1n) is 4.43. The molecule has 0 atom stereocenters. The van der Waals surface area contributed by atoms with Gasteiger partial charge in [0.15, 0.2) is 0 Å². The molecule has 0 bridgehead atoms. The lowest BCUT2D eigenvalue weighted by molar-refractivity contribution is 0.0199. The molecule has 1 aromatic heterocycles. The molecule has 0 saturated carbocycles. The van der Waals surface area contributed by atoms with Crippen molar-refractivity contribution in [3.63, 3.8) is 0 Å². The Labute approximate surface area is 76.7 Å². The van der Waals surface area contributed by atoms with Gasteiger partial charge in [-0.2, -0.15) is 0 Å². The van der Waals surface area contributed by atoms with Crippen LogP contribution in [-0.4, -0.2) is 36.3 Å². The number of halogens is 1. The number of nitrogens with zero attached hydrogens (tertiary/aromatic N) is 3. The minimum absolute atomic E-state index is 0.469. The Kier molecular flexibility index (Phi) is 2.40. The van der Waals surface area contributed by atoms with Gasteiger partial charge in [-0.3, -0.25) is 0 Å². The van der Waals surface area contributed by atoms with Gasteiger partial charge in [0.2, 0.25) is 0 Å². The first-order chi connectivity index (χ1) is 6.36. The summed E-state index contributed by atoms with van der Waals surface area (Å²) in [5.41, 5.74) is 0.